The Hall–Kier alpha value is -3.23. The number of benzene rings is 1. The highest BCUT2D eigenvalue weighted by Gasteiger charge is 2.45. The zero-order valence-electron chi connectivity index (χ0n) is 17.3. The Bertz CT molecular complexity index is 882. The second-order valence-electron chi connectivity index (χ2n) is 8.30. The van der Waals surface area contributed by atoms with Gasteiger partial charge in [0.15, 0.2) is 11.5 Å². The van der Waals surface area contributed by atoms with E-state index in [1.54, 1.807) is 20.8 Å². The van der Waals surface area contributed by atoms with E-state index in [0.29, 0.717) is 24.8 Å². The summed E-state index contributed by atoms with van der Waals surface area (Å²) in [5.41, 5.74) is -0.511. The summed E-state index contributed by atoms with van der Waals surface area (Å²) in [7, 11) is 0. The first kappa shape index (κ1) is 23.1. The van der Waals surface area contributed by atoms with Crippen LogP contribution in [0.2, 0.25) is 0 Å². The fourth-order valence-electron chi connectivity index (χ4n) is 3.38. The van der Waals surface area contributed by atoms with E-state index < -0.39 is 34.0 Å². The van der Waals surface area contributed by atoms with E-state index in [4.69, 9.17) is 5.11 Å². The lowest BCUT2D eigenvalue weighted by molar-refractivity contribution is -0.384. The number of ketones is 1. The minimum atomic E-state index is -0.895. The smallest absolute Gasteiger partial charge is 0.303 e. The van der Waals surface area contributed by atoms with Gasteiger partial charge in [-0.25, -0.2) is 0 Å². The first-order chi connectivity index (χ1) is 13.9. The summed E-state index contributed by atoms with van der Waals surface area (Å²) in [6.07, 6.45) is 1.53. The number of aliphatic carboxylic acids is 1. The van der Waals surface area contributed by atoms with Crippen molar-refractivity contribution >= 4 is 23.3 Å². The molecule has 162 valence electrons. The second-order valence-corrected chi connectivity index (χ2v) is 8.30. The topological polar surface area (TPSA) is 138 Å². The van der Waals surface area contributed by atoms with Gasteiger partial charge < -0.3 is 15.1 Å². The summed E-state index contributed by atoms with van der Waals surface area (Å²) >= 11 is 0. The molecule has 9 heteroatoms. The Morgan fingerprint density at radius 3 is 2.23 bits per heavy atom. The fourth-order valence-corrected chi connectivity index (χ4v) is 3.38. The van der Waals surface area contributed by atoms with Gasteiger partial charge in [-0.2, -0.15) is 0 Å². The van der Waals surface area contributed by atoms with Crippen LogP contribution in [0.4, 0.5) is 5.69 Å². The van der Waals surface area contributed by atoms with E-state index in [-0.39, 0.29) is 30.0 Å². The van der Waals surface area contributed by atoms with Crippen molar-refractivity contribution in [1.82, 2.24) is 4.90 Å². The number of unbranched alkanes of at least 4 members (excludes halogenated alkanes) is 2. The van der Waals surface area contributed by atoms with Gasteiger partial charge in [-0.15, -0.1) is 0 Å². The monoisotopic (exact) mass is 418 g/mol. The molecule has 1 aliphatic heterocycles. The van der Waals surface area contributed by atoms with Gasteiger partial charge in [-0.1, -0.05) is 27.2 Å². The van der Waals surface area contributed by atoms with Crippen molar-refractivity contribution in [2.75, 3.05) is 6.54 Å². The van der Waals surface area contributed by atoms with Gasteiger partial charge in [-0.05, 0) is 30.5 Å². The molecular formula is C21H26N2O7. The van der Waals surface area contributed by atoms with Gasteiger partial charge >= 0.3 is 5.97 Å². The number of aliphatic hydroxyl groups is 1. The fraction of sp³-hybridized carbons (Fsp3) is 0.476. The van der Waals surface area contributed by atoms with Crippen molar-refractivity contribution in [3.05, 3.63) is 51.3 Å². The number of rotatable bonds is 9. The molecule has 0 bridgehead atoms. The standard InChI is InChI=1S/C21H26N2O7/c1-21(2,3)19(27)16-17(13-8-10-14(11-9-13)23(29)30)22(20(28)18(16)26)12-6-4-5-7-15(24)25/h8-11,17,26H,4-7,12H2,1-3H3,(H,24,25)/t17-/m0/s1. The van der Waals surface area contributed by atoms with Gasteiger partial charge in [0.05, 0.1) is 16.5 Å². The number of nitrogens with zero attached hydrogens (tertiary/aromatic N) is 2. The number of nitro groups is 1. The van der Waals surface area contributed by atoms with Crippen molar-refractivity contribution < 1.29 is 29.5 Å². The number of carbonyl (C=O) groups is 3. The molecule has 0 spiro atoms. The molecule has 1 aromatic rings. The molecule has 0 saturated carbocycles. The highest BCUT2D eigenvalue weighted by atomic mass is 16.6. The van der Waals surface area contributed by atoms with Crippen LogP contribution < -0.4 is 0 Å². The summed E-state index contributed by atoms with van der Waals surface area (Å²) in [4.78, 5) is 48.2. The van der Waals surface area contributed by atoms with Crippen molar-refractivity contribution in [2.24, 2.45) is 5.41 Å². The normalized spacial score (nSPS) is 16.8. The number of amides is 1. The number of carbonyl (C=O) groups excluding carboxylic acids is 2. The molecule has 30 heavy (non-hydrogen) atoms. The largest absolute Gasteiger partial charge is 0.503 e. The van der Waals surface area contributed by atoms with Gasteiger partial charge in [0.1, 0.15) is 0 Å². The van der Waals surface area contributed by atoms with Crippen LogP contribution >= 0.6 is 0 Å². The number of hydrogen-bond acceptors (Lipinski definition) is 6. The molecule has 0 unspecified atom stereocenters. The Kier molecular flexibility index (Phi) is 6.96. The van der Waals surface area contributed by atoms with Gasteiger partial charge in [0.2, 0.25) is 0 Å². The molecule has 0 aromatic heterocycles. The number of hydrogen-bond donors (Lipinski definition) is 2. The Labute approximate surface area is 174 Å². The van der Waals surface area contributed by atoms with Crippen LogP contribution in [0.15, 0.2) is 35.6 Å². The average molecular weight is 418 g/mol. The molecule has 2 N–H and O–H groups in total. The predicted molar refractivity (Wildman–Crippen MR) is 108 cm³/mol. The van der Waals surface area contributed by atoms with Crippen LogP contribution in [-0.4, -0.2) is 44.2 Å². The molecule has 2 rings (SSSR count). The van der Waals surface area contributed by atoms with E-state index in [9.17, 15) is 29.6 Å². The highest BCUT2D eigenvalue weighted by molar-refractivity contribution is 6.10. The number of nitro benzene ring substituents is 1. The number of non-ortho nitro benzene ring substituents is 1. The summed E-state index contributed by atoms with van der Waals surface area (Å²) in [5, 5.41) is 30.2. The minimum absolute atomic E-state index is 0.0214. The molecule has 9 nitrogen and oxygen atoms in total. The second kappa shape index (κ2) is 9.06. The van der Waals surface area contributed by atoms with Crippen LogP contribution in [0, 0.1) is 15.5 Å². The van der Waals surface area contributed by atoms with E-state index in [0.717, 1.165) is 0 Å². The van der Waals surface area contributed by atoms with Crippen molar-refractivity contribution in [1.29, 1.82) is 0 Å². The molecule has 1 aliphatic rings. The van der Waals surface area contributed by atoms with Gasteiger partial charge in [-0.3, -0.25) is 24.5 Å². The van der Waals surface area contributed by atoms with Crippen molar-refractivity contribution in [3.63, 3.8) is 0 Å². The number of Topliss-reactive ketones (excluding diaryl/α,β-unsaturated/α-hetero) is 1. The summed E-state index contributed by atoms with van der Waals surface area (Å²) in [6.45, 7) is 5.26. The van der Waals surface area contributed by atoms with Gasteiger partial charge in [0, 0.05) is 30.5 Å². The van der Waals surface area contributed by atoms with Crippen LogP contribution in [0.5, 0.6) is 0 Å². The first-order valence-corrected chi connectivity index (χ1v) is 9.70. The maximum Gasteiger partial charge on any atom is 0.303 e. The zero-order chi connectivity index (χ0) is 22.6. The zero-order valence-corrected chi connectivity index (χ0v) is 17.3. The number of carboxylic acid groups (broad SMARTS) is 1. The molecule has 0 fully saturated rings. The Balaban J connectivity index is 2.36. The van der Waals surface area contributed by atoms with Crippen LogP contribution in [0.1, 0.15) is 58.1 Å². The van der Waals surface area contributed by atoms with Crippen molar-refractivity contribution in [2.45, 2.75) is 52.5 Å². The molecule has 1 heterocycles. The van der Waals surface area contributed by atoms with E-state index in [1.165, 1.54) is 29.2 Å². The Morgan fingerprint density at radius 2 is 1.73 bits per heavy atom. The van der Waals surface area contributed by atoms with Crippen LogP contribution in [0.25, 0.3) is 0 Å². The number of aliphatic hydroxyl groups excluding tert-OH is 1. The summed E-state index contributed by atoms with van der Waals surface area (Å²) in [6, 6.07) is 4.67. The molecule has 0 radical (unpaired) electrons. The molecule has 1 amide bonds. The molecule has 1 atom stereocenters. The highest BCUT2D eigenvalue weighted by Crippen LogP contribution is 2.41. The SMILES string of the molecule is CC(C)(C)C(=O)C1=C(O)C(=O)N(CCCCCC(=O)O)[C@H]1c1ccc([N+](=O)[O-])cc1. The van der Waals surface area contributed by atoms with E-state index >= 15 is 0 Å². The van der Waals surface area contributed by atoms with E-state index in [2.05, 4.69) is 0 Å². The average Bonchev–Trinajstić information content (AvgIpc) is 2.91. The molecule has 0 saturated heterocycles. The third-order valence-corrected chi connectivity index (χ3v) is 4.94. The summed E-state index contributed by atoms with van der Waals surface area (Å²) in [5.74, 6) is -2.56. The van der Waals surface area contributed by atoms with Crippen molar-refractivity contribution in [3.8, 4) is 0 Å². The van der Waals surface area contributed by atoms with E-state index in [1.807, 2.05) is 0 Å². The summed E-state index contributed by atoms with van der Waals surface area (Å²) < 4.78 is 0. The quantitative estimate of drug-likeness (QED) is 0.355. The Morgan fingerprint density at radius 1 is 1.13 bits per heavy atom. The van der Waals surface area contributed by atoms with Crippen LogP contribution in [0.3, 0.4) is 0 Å². The van der Waals surface area contributed by atoms with Crippen LogP contribution in [-0.2, 0) is 14.4 Å². The number of carboxylic acids is 1. The maximum absolute atomic E-state index is 13.0. The third-order valence-electron chi connectivity index (χ3n) is 4.94. The first-order valence-electron chi connectivity index (χ1n) is 9.70. The maximum atomic E-state index is 13.0. The lowest BCUT2D eigenvalue weighted by Gasteiger charge is -2.29. The third kappa shape index (κ3) is 5.03. The molecule has 0 aliphatic carbocycles. The van der Waals surface area contributed by atoms with Gasteiger partial charge in [0.25, 0.3) is 11.6 Å². The lowest BCUT2D eigenvalue weighted by Crippen LogP contribution is -2.33. The predicted octanol–water partition coefficient (Wildman–Crippen LogP) is 3.55. The molecule has 1 aromatic carbocycles. The minimum Gasteiger partial charge on any atom is -0.503 e. The molecular weight excluding hydrogens is 392 g/mol. The lowest BCUT2D eigenvalue weighted by atomic mass is 9.82.